The topological polar surface area (TPSA) is 71.1 Å². The number of rotatable bonds is 4. The average molecular weight is 302 g/mol. The second-order valence-electron chi connectivity index (χ2n) is 4.20. The molecular weight excluding hydrogens is 288 g/mol. The van der Waals surface area contributed by atoms with Crippen LogP contribution in [-0.4, -0.2) is 26.2 Å². The molecule has 2 aromatic rings. The van der Waals surface area contributed by atoms with Crippen molar-refractivity contribution in [1.29, 1.82) is 0 Å². The maximum atomic E-state index is 11.7. The van der Waals surface area contributed by atoms with Gasteiger partial charge in [-0.15, -0.1) is 0 Å². The minimum atomic E-state index is -0.774. The van der Waals surface area contributed by atoms with Crippen LogP contribution in [0.3, 0.4) is 0 Å². The van der Waals surface area contributed by atoms with Crippen LogP contribution in [0.4, 0.5) is 0 Å². The lowest BCUT2D eigenvalue weighted by molar-refractivity contribution is -0.187. The van der Waals surface area contributed by atoms with E-state index in [0.717, 1.165) is 0 Å². The summed E-state index contributed by atoms with van der Waals surface area (Å²) < 4.78 is 9.95. The molecule has 0 aliphatic heterocycles. The van der Waals surface area contributed by atoms with Gasteiger partial charge in [0.1, 0.15) is 11.5 Å². The van der Waals surface area contributed by atoms with Crippen molar-refractivity contribution in [3.8, 4) is 11.5 Å². The van der Waals surface area contributed by atoms with Crippen molar-refractivity contribution < 1.29 is 28.8 Å². The summed E-state index contributed by atoms with van der Waals surface area (Å²) in [5, 5.41) is 0. The lowest BCUT2D eigenvalue weighted by Crippen LogP contribution is -2.11. The number of hydrogen-bond donors (Lipinski definition) is 0. The largest absolute Gasteiger partial charge is 0.497 e. The van der Waals surface area contributed by atoms with Gasteiger partial charge in [-0.25, -0.2) is 19.4 Å². The van der Waals surface area contributed by atoms with E-state index in [9.17, 15) is 9.59 Å². The van der Waals surface area contributed by atoms with E-state index in [4.69, 9.17) is 9.47 Å². The third kappa shape index (κ3) is 3.76. The van der Waals surface area contributed by atoms with Crippen molar-refractivity contribution in [2.75, 3.05) is 14.2 Å². The van der Waals surface area contributed by atoms with Crippen LogP contribution in [0.5, 0.6) is 11.5 Å². The monoisotopic (exact) mass is 302 g/mol. The highest BCUT2D eigenvalue weighted by Crippen LogP contribution is 2.14. The molecule has 6 heteroatoms. The van der Waals surface area contributed by atoms with E-state index in [0.29, 0.717) is 11.5 Å². The van der Waals surface area contributed by atoms with Gasteiger partial charge in [-0.3, -0.25) is 0 Å². The van der Waals surface area contributed by atoms with Gasteiger partial charge in [0.25, 0.3) is 0 Å². The third-order valence-corrected chi connectivity index (χ3v) is 2.84. The zero-order valence-corrected chi connectivity index (χ0v) is 12.1. The Labute approximate surface area is 127 Å². The molecule has 0 amide bonds. The first-order valence-corrected chi connectivity index (χ1v) is 6.35. The Morgan fingerprint density at radius 2 is 0.955 bits per heavy atom. The molecule has 0 fully saturated rings. The Balaban J connectivity index is 1.92. The molecule has 0 N–H and O–H groups in total. The van der Waals surface area contributed by atoms with E-state index < -0.39 is 11.9 Å². The second-order valence-corrected chi connectivity index (χ2v) is 4.20. The molecule has 0 atom stereocenters. The molecule has 0 aliphatic rings. The fourth-order valence-electron chi connectivity index (χ4n) is 1.63. The Morgan fingerprint density at radius 1 is 0.636 bits per heavy atom. The number of methoxy groups -OCH3 is 2. The third-order valence-electron chi connectivity index (χ3n) is 2.84. The fraction of sp³-hybridized carbons (Fsp3) is 0.125. The molecule has 22 heavy (non-hydrogen) atoms. The summed E-state index contributed by atoms with van der Waals surface area (Å²) in [6, 6.07) is 12.4. The van der Waals surface area contributed by atoms with Crippen molar-refractivity contribution in [2.45, 2.75) is 0 Å². The molecule has 0 heterocycles. The molecule has 0 aliphatic carbocycles. The van der Waals surface area contributed by atoms with Gasteiger partial charge < -0.3 is 9.47 Å². The number of hydrogen-bond acceptors (Lipinski definition) is 6. The van der Waals surface area contributed by atoms with E-state index >= 15 is 0 Å². The summed E-state index contributed by atoms with van der Waals surface area (Å²) in [7, 11) is 3.04. The van der Waals surface area contributed by atoms with Gasteiger partial charge in [0.15, 0.2) is 0 Å². The van der Waals surface area contributed by atoms with Crippen LogP contribution in [0.1, 0.15) is 20.7 Å². The van der Waals surface area contributed by atoms with Gasteiger partial charge in [0, 0.05) is 0 Å². The molecule has 0 bridgehead atoms. The van der Waals surface area contributed by atoms with Gasteiger partial charge >= 0.3 is 11.9 Å². The summed E-state index contributed by atoms with van der Waals surface area (Å²) in [6.45, 7) is 0. The van der Waals surface area contributed by atoms with Gasteiger partial charge in [0.2, 0.25) is 0 Å². The lowest BCUT2D eigenvalue weighted by atomic mass is 10.2. The first-order chi connectivity index (χ1) is 10.6. The minimum absolute atomic E-state index is 0.239. The summed E-state index contributed by atoms with van der Waals surface area (Å²) in [4.78, 5) is 32.5. The van der Waals surface area contributed by atoms with Crippen molar-refractivity contribution in [3.05, 3.63) is 59.7 Å². The second kappa shape index (κ2) is 7.12. The zero-order chi connectivity index (χ0) is 15.9. The van der Waals surface area contributed by atoms with Gasteiger partial charge in [-0.05, 0) is 48.5 Å². The van der Waals surface area contributed by atoms with Crippen LogP contribution in [0, 0.1) is 0 Å². The molecule has 0 spiro atoms. The first kappa shape index (κ1) is 15.4. The van der Waals surface area contributed by atoms with Crippen LogP contribution >= 0.6 is 0 Å². The molecule has 6 nitrogen and oxygen atoms in total. The summed E-state index contributed by atoms with van der Waals surface area (Å²) in [6.07, 6.45) is 0. The Bertz CT molecular complexity index is 586. The van der Waals surface area contributed by atoms with E-state index in [-0.39, 0.29) is 11.1 Å². The average Bonchev–Trinajstić information content (AvgIpc) is 2.59. The predicted octanol–water partition coefficient (Wildman–Crippen LogP) is 2.63. The molecule has 0 aromatic heterocycles. The van der Waals surface area contributed by atoms with E-state index in [1.54, 1.807) is 24.3 Å². The molecule has 2 aromatic carbocycles. The Kier molecular flexibility index (Phi) is 4.98. The molecule has 0 unspecified atom stereocenters. The SMILES string of the molecule is COc1ccc(C(=O)OOC(=O)c2ccc(OC)cc2)cc1. The number of carbonyl (C=O) groups is 2. The Morgan fingerprint density at radius 3 is 1.23 bits per heavy atom. The van der Waals surface area contributed by atoms with Crippen molar-refractivity contribution in [1.82, 2.24) is 0 Å². The summed E-state index contributed by atoms with van der Waals surface area (Å²) >= 11 is 0. The number of ether oxygens (including phenoxy) is 2. The van der Waals surface area contributed by atoms with E-state index in [1.165, 1.54) is 38.5 Å². The smallest absolute Gasteiger partial charge is 0.386 e. The molecule has 0 saturated carbocycles. The summed E-state index contributed by atoms with van der Waals surface area (Å²) in [5.74, 6) is -0.340. The standard InChI is InChI=1S/C16H14O6/c1-19-13-7-3-11(4-8-13)15(17)21-22-16(18)12-5-9-14(20-2)10-6-12/h3-10H,1-2H3. The molecular formula is C16H14O6. The van der Waals surface area contributed by atoms with Crippen LogP contribution in [0.15, 0.2) is 48.5 Å². The maximum absolute atomic E-state index is 11.7. The van der Waals surface area contributed by atoms with Crippen LogP contribution in [-0.2, 0) is 9.78 Å². The normalized spacial score (nSPS) is 9.73. The summed E-state index contributed by atoms with van der Waals surface area (Å²) in [5.41, 5.74) is 0.478. The van der Waals surface area contributed by atoms with E-state index in [2.05, 4.69) is 9.78 Å². The van der Waals surface area contributed by atoms with Gasteiger partial charge in [-0.1, -0.05) is 0 Å². The lowest BCUT2D eigenvalue weighted by Gasteiger charge is -2.05. The minimum Gasteiger partial charge on any atom is -0.497 e. The molecule has 114 valence electrons. The Hall–Kier alpha value is -3.02. The molecule has 2 rings (SSSR count). The van der Waals surface area contributed by atoms with Crippen LogP contribution in [0.25, 0.3) is 0 Å². The highest BCUT2D eigenvalue weighted by molar-refractivity contribution is 5.92. The quantitative estimate of drug-likeness (QED) is 0.638. The first-order valence-electron chi connectivity index (χ1n) is 6.35. The zero-order valence-electron chi connectivity index (χ0n) is 12.1. The van der Waals surface area contributed by atoms with Crippen LogP contribution < -0.4 is 9.47 Å². The molecule has 0 radical (unpaired) electrons. The number of benzene rings is 2. The van der Waals surface area contributed by atoms with Crippen molar-refractivity contribution >= 4 is 11.9 Å². The van der Waals surface area contributed by atoms with E-state index in [1.807, 2.05) is 0 Å². The molecule has 0 saturated heterocycles. The highest BCUT2D eigenvalue weighted by Gasteiger charge is 2.14. The highest BCUT2D eigenvalue weighted by atomic mass is 17.2. The van der Waals surface area contributed by atoms with Crippen molar-refractivity contribution in [3.63, 3.8) is 0 Å². The fourth-order valence-corrected chi connectivity index (χ4v) is 1.63. The van der Waals surface area contributed by atoms with Gasteiger partial charge in [-0.2, -0.15) is 0 Å². The van der Waals surface area contributed by atoms with Crippen molar-refractivity contribution in [2.24, 2.45) is 0 Å². The van der Waals surface area contributed by atoms with Gasteiger partial charge in [0.05, 0.1) is 25.3 Å². The predicted molar refractivity (Wildman–Crippen MR) is 76.8 cm³/mol. The number of carbonyl (C=O) groups excluding carboxylic acids is 2. The van der Waals surface area contributed by atoms with Crippen LogP contribution in [0.2, 0.25) is 0 Å². The maximum Gasteiger partial charge on any atom is 0.386 e.